The highest BCUT2D eigenvalue weighted by Gasteiger charge is 2.20. The first kappa shape index (κ1) is 18.1. The number of benzene rings is 1. The molecule has 0 fully saturated rings. The normalized spacial score (nSPS) is 13.1. The van der Waals surface area contributed by atoms with Gasteiger partial charge in [0.25, 0.3) is 0 Å². The molecular formula is C13H18BrNO5S. The molecule has 0 radical (unpaired) electrons. The van der Waals surface area contributed by atoms with Gasteiger partial charge in [0, 0.05) is 11.0 Å². The average Bonchev–Trinajstić information content (AvgIpc) is 2.39. The van der Waals surface area contributed by atoms with Crippen molar-refractivity contribution in [2.75, 3.05) is 6.54 Å². The number of aromatic carboxylic acids is 1. The van der Waals surface area contributed by atoms with Crippen LogP contribution in [0.15, 0.2) is 21.5 Å². The molecule has 1 rings (SSSR count). The maximum absolute atomic E-state index is 12.1. The molecule has 0 spiro atoms. The van der Waals surface area contributed by atoms with Gasteiger partial charge in [0.1, 0.15) is 0 Å². The van der Waals surface area contributed by atoms with Gasteiger partial charge in [0.2, 0.25) is 10.0 Å². The number of hydrogen-bond donors (Lipinski definition) is 3. The molecule has 0 bridgehead atoms. The highest BCUT2D eigenvalue weighted by atomic mass is 79.9. The van der Waals surface area contributed by atoms with Crippen molar-refractivity contribution in [1.82, 2.24) is 4.72 Å². The Morgan fingerprint density at radius 2 is 2.05 bits per heavy atom. The molecule has 3 N–H and O–H groups in total. The quantitative estimate of drug-likeness (QED) is 0.670. The Labute approximate surface area is 132 Å². The second-order valence-corrected chi connectivity index (χ2v) is 7.30. The zero-order valence-electron chi connectivity index (χ0n) is 11.8. The van der Waals surface area contributed by atoms with E-state index in [4.69, 9.17) is 5.11 Å². The molecule has 6 nitrogen and oxygen atoms in total. The van der Waals surface area contributed by atoms with Crippen LogP contribution in [0, 0.1) is 6.92 Å². The lowest BCUT2D eigenvalue weighted by Gasteiger charge is -2.13. The summed E-state index contributed by atoms with van der Waals surface area (Å²) in [4.78, 5) is 11.0. The van der Waals surface area contributed by atoms with Crippen LogP contribution >= 0.6 is 15.9 Å². The largest absolute Gasteiger partial charge is 0.478 e. The Balaban J connectivity index is 3.06. The van der Waals surface area contributed by atoms with E-state index >= 15 is 0 Å². The van der Waals surface area contributed by atoms with Crippen LogP contribution in [0.5, 0.6) is 0 Å². The third-order valence-corrected chi connectivity index (χ3v) is 5.22. The van der Waals surface area contributed by atoms with Crippen LogP contribution in [0.2, 0.25) is 0 Å². The number of carbonyl (C=O) groups is 1. The van der Waals surface area contributed by atoms with Gasteiger partial charge in [-0.3, -0.25) is 0 Å². The summed E-state index contributed by atoms with van der Waals surface area (Å²) in [5.74, 6) is -1.20. The summed E-state index contributed by atoms with van der Waals surface area (Å²) in [5.41, 5.74) is 0.367. The smallest absolute Gasteiger partial charge is 0.336 e. The van der Waals surface area contributed by atoms with Crippen molar-refractivity contribution in [2.24, 2.45) is 0 Å². The lowest BCUT2D eigenvalue weighted by molar-refractivity contribution is 0.0695. The van der Waals surface area contributed by atoms with Gasteiger partial charge in [-0.25, -0.2) is 17.9 Å². The third-order valence-electron chi connectivity index (χ3n) is 2.99. The van der Waals surface area contributed by atoms with E-state index in [9.17, 15) is 18.3 Å². The zero-order valence-corrected chi connectivity index (χ0v) is 14.2. The summed E-state index contributed by atoms with van der Waals surface area (Å²) in [6, 6.07) is 2.45. The van der Waals surface area contributed by atoms with Crippen molar-refractivity contribution >= 4 is 31.9 Å². The third kappa shape index (κ3) is 4.77. The second-order valence-electron chi connectivity index (χ2n) is 4.68. The minimum Gasteiger partial charge on any atom is -0.478 e. The van der Waals surface area contributed by atoms with Crippen LogP contribution < -0.4 is 4.72 Å². The van der Waals surface area contributed by atoms with E-state index in [1.807, 2.05) is 6.92 Å². The Kier molecular flexibility index (Phi) is 6.33. The standard InChI is InChI=1S/C13H18BrNO5S/c1-3-4-9(16)7-15-21(19,20)10-5-11(13(17)18)8(2)12(14)6-10/h5-6,9,15-16H,3-4,7H2,1-2H3,(H,17,18). The number of carboxylic acids is 1. The van der Waals surface area contributed by atoms with Crippen molar-refractivity contribution < 1.29 is 23.4 Å². The summed E-state index contributed by atoms with van der Waals surface area (Å²) in [7, 11) is -3.87. The molecule has 0 aromatic heterocycles. The molecule has 0 amide bonds. The van der Waals surface area contributed by atoms with Crippen LogP contribution in [0.4, 0.5) is 0 Å². The van der Waals surface area contributed by atoms with E-state index in [-0.39, 0.29) is 17.0 Å². The number of hydrogen-bond acceptors (Lipinski definition) is 4. The Morgan fingerprint density at radius 3 is 2.57 bits per heavy atom. The molecule has 21 heavy (non-hydrogen) atoms. The van der Waals surface area contributed by atoms with E-state index in [0.29, 0.717) is 16.5 Å². The summed E-state index contributed by atoms with van der Waals surface area (Å²) in [5, 5.41) is 18.7. The zero-order chi connectivity index (χ0) is 16.2. The minimum atomic E-state index is -3.87. The number of aliphatic hydroxyl groups is 1. The highest BCUT2D eigenvalue weighted by molar-refractivity contribution is 9.10. The topological polar surface area (TPSA) is 104 Å². The minimum absolute atomic E-state index is 0.0844. The van der Waals surface area contributed by atoms with Gasteiger partial charge in [-0.05, 0) is 31.0 Å². The highest BCUT2D eigenvalue weighted by Crippen LogP contribution is 2.25. The maximum Gasteiger partial charge on any atom is 0.336 e. The summed E-state index contributed by atoms with van der Waals surface area (Å²) < 4.78 is 27.0. The number of halogens is 1. The summed E-state index contributed by atoms with van der Waals surface area (Å²) in [6.45, 7) is 3.36. The van der Waals surface area contributed by atoms with Gasteiger partial charge in [0.15, 0.2) is 0 Å². The van der Waals surface area contributed by atoms with Crippen LogP contribution in [0.25, 0.3) is 0 Å². The number of nitrogens with one attached hydrogen (secondary N) is 1. The van der Waals surface area contributed by atoms with Crippen LogP contribution in [-0.4, -0.2) is 37.2 Å². The average molecular weight is 380 g/mol. The first-order chi connectivity index (χ1) is 9.69. The SMILES string of the molecule is CCCC(O)CNS(=O)(=O)c1cc(Br)c(C)c(C(=O)O)c1. The number of sulfonamides is 1. The molecule has 0 saturated carbocycles. The predicted octanol–water partition coefficient (Wildman–Crippen LogP) is 1.90. The van der Waals surface area contributed by atoms with E-state index in [0.717, 1.165) is 12.5 Å². The van der Waals surface area contributed by atoms with Gasteiger partial charge >= 0.3 is 5.97 Å². The summed E-state index contributed by atoms with van der Waals surface area (Å²) >= 11 is 3.16. The molecule has 1 aromatic carbocycles. The molecule has 0 heterocycles. The monoisotopic (exact) mass is 379 g/mol. The van der Waals surface area contributed by atoms with E-state index in [1.165, 1.54) is 6.07 Å². The van der Waals surface area contributed by atoms with E-state index in [1.54, 1.807) is 6.92 Å². The molecule has 0 aliphatic rings. The second kappa shape index (κ2) is 7.35. The van der Waals surface area contributed by atoms with Crippen LogP contribution in [0.1, 0.15) is 35.7 Å². The Hall–Kier alpha value is -0.960. The lowest BCUT2D eigenvalue weighted by Crippen LogP contribution is -2.32. The number of aliphatic hydroxyl groups excluding tert-OH is 1. The molecule has 1 atom stereocenters. The molecule has 118 valence electrons. The molecule has 1 unspecified atom stereocenters. The van der Waals surface area contributed by atoms with Crippen molar-refractivity contribution in [3.05, 3.63) is 27.7 Å². The number of carboxylic acid groups (broad SMARTS) is 1. The van der Waals surface area contributed by atoms with Crippen molar-refractivity contribution in [2.45, 2.75) is 37.7 Å². The molecular weight excluding hydrogens is 362 g/mol. The lowest BCUT2D eigenvalue weighted by atomic mass is 10.1. The molecule has 0 aliphatic heterocycles. The summed E-state index contributed by atoms with van der Waals surface area (Å²) in [6.07, 6.45) is 0.459. The van der Waals surface area contributed by atoms with Crippen LogP contribution in [-0.2, 0) is 10.0 Å². The predicted molar refractivity (Wildman–Crippen MR) is 81.9 cm³/mol. The van der Waals surface area contributed by atoms with Gasteiger partial charge in [0.05, 0.1) is 16.6 Å². The van der Waals surface area contributed by atoms with Crippen molar-refractivity contribution in [1.29, 1.82) is 0 Å². The van der Waals surface area contributed by atoms with Crippen molar-refractivity contribution in [3.63, 3.8) is 0 Å². The van der Waals surface area contributed by atoms with E-state index < -0.39 is 22.1 Å². The fraction of sp³-hybridized carbons (Fsp3) is 0.462. The number of rotatable bonds is 7. The molecule has 8 heteroatoms. The van der Waals surface area contributed by atoms with Gasteiger partial charge in [-0.2, -0.15) is 0 Å². The van der Waals surface area contributed by atoms with Gasteiger partial charge < -0.3 is 10.2 Å². The van der Waals surface area contributed by atoms with Crippen LogP contribution in [0.3, 0.4) is 0 Å². The maximum atomic E-state index is 12.1. The van der Waals surface area contributed by atoms with Gasteiger partial charge in [-0.15, -0.1) is 0 Å². The van der Waals surface area contributed by atoms with Crippen molar-refractivity contribution in [3.8, 4) is 0 Å². The molecule has 0 aliphatic carbocycles. The first-order valence-corrected chi connectivity index (χ1v) is 8.67. The molecule has 1 aromatic rings. The Bertz CT molecular complexity index is 630. The van der Waals surface area contributed by atoms with Gasteiger partial charge in [-0.1, -0.05) is 29.3 Å². The molecule has 0 saturated heterocycles. The fourth-order valence-corrected chi connectivity index (χ4v) is 3.49. The Morgan fingerprint density at radius 1 is 1.43 bits per heavy atom. The first-order valence-electron chi connectivity index (χ1n) is 6.40. The van der Waals surface area contributed by atoms with E-state index in [2.05, 4.69) is 20.7 Å². The fourth-order valence-electron chi connectivity index (χ4n) is 1.76.